The van der Waals surface area contributed by atoms with Gasteiger partial charge >= 0.3 is 0 Å². The van der Waals surface area contributed by atoms with Crippen LogP contribution in [0.3, 0.4) is 0 Å². The molecular formula is C114H152N16O13S4. The third kappa shape index (κ3) is 34.3. The summed E-state index contributed by atoms with van der Waals surface area (Å²) in [7, 11) is 0. The highest BCUT2D eigenvalue weighted by molar-refractivity contribution is 7.98. The smallest absolute Gasteiger partial charge is 0.217 e. The number of aromatic nitrogens is 8. The Bertz CT molecular complexity index is 5840. The number of nitrogens with two attached hydrogens (primary N) is 4. The number of oxazole rings is 4. The molecule has 4 aliphatic carbocycles. The normalized spacial score (nSPS) is 17.8. The second kappa shape index (κ2) is 58.7. The molecular weight excluding hydrogens is 1930 g/mol. The van der Waals surface area contributed by atoms with Crippen LogP contribution in [0.1, 0.15) is 362 Å². The largest absolute Gasteiger partial charge is 0.446 e. The van der Waals surface area contributed by atoms with Crippen molar-refractivity contribution in [2.24, 2.45) is 52.5 Å². The molecule has 33 heteroatoms. The predicted molar refractivity (Wildman–Crippen MR) is 586 cm³/mol. The Labute approximate surface area is 881 Å². The highest BCUT2D eigenvalue weighted by Gasteiger charge is 2.32. The van der Waals surface area contributed by atoms with Crippen molar-refractivity contribution in [2.75, 3.05) is 99.5 Å². The first-order chi connectivity index (χ1) is 71.6. The minimum absolute atomic E-state index is 0.0283. The fourth-order valence-electron chi connectivity index (χ4n) is 20.3. The van der Waals surface area contributed by atoms with Gasteiger partial charge in [-0.3, -0.25) is 33.6 Å². The molecule has 147 heavy (non-hydrogen) atoms. The SMILES string of the molecule is CC(=O)N[C@@H](Cc1c[nH]c2ccccc12)c1nc(C(=O)CC2CCCCC2)co1.CCC(C)[C@H](N)c1nc(C(=O)CC2CCCCC2)co1.CSCC[C@H](N)c1nc(C(=O)Cc2ccc(N3CCOCC3)cc2)co1.CSCC[C@H](N)c1nc(C(=O)Cc2ccc(N3CCOCC3)cc2)cs1.N[C@@H](Cc1c[nH]c2ccccc12)c1nc(C(=O)CC2CCCCC2)co1.O=C(CC1CCCCC1)c1csc(C2CCCNC2)n1. The predicted octanol–water partition coefficient (Wildman–Crippen LogP) is 22.8. The zero-order chi connectivity index (χ0) is 103. The molecule has 3 saturated heterocycles. The number of nitrogens with zero attached hydrogens (tertiary/aromatic N) is 8. The number of ketones is 6. The summed E-state index contributed by atoms with van der Waals surface area (Å²) in [6, 6.07) is 31.1. The van der Waals surface area contributed by atoms with Crippen molar-refractivity contribution in [1.82, 2.24) is 50.5 Å². The fraction of sp³-hybridized carbons (Fsp3) is 0.535. The second-order valence-corrected chi connectivity index (χ2v) is 44.2. The summed E-state index contributed by atoms with van der Waals surface area (Å²) < 4.78 is 32.7. The molecule has 1 amide bonds. The molecule has 4 saturated carbocycles. The average molecular weight is 2080 g/mol. The number of Topliss-reactive ketones (excluding diaryl/α,β-unsaturated/α-hetero) is 6. The Kier molecular flexibility index (Phi) is 44.8. The van der Waals surface area contributed by atoms with Crippen LogP contribution < -0.4 is 43.4 Å². The topological polar surface area (TPSA) is 434 Å². The third-order valence-electron chi connectivity index (χ3n) is 29.3. The molecule has 7 aliphatic rings. The number of ether oxygens (including phenoxy) is 2. The van der Waals surface area contributed by atoms with Gasteiger partial charge in [-0.2, -0.15) is 23.5 Å². The van der Waals surface area contributed by atoms with Crippen LogP contribution in [0.25, 0.3) is 21.8 Å². The molecule has 19 rings (SSSR count). The molecule has 29 nitrogen and oxygen atoms in total. The summed E-state index contributed by atoms with van der Waals surface area (Å²) in [6.45, 7) is 14.4. The Morgan fingerprint density at radius 2 is 0.850 bits per heavy atom. The maximum atomic E-state index is 12.6. The lowest BCUT2D eigenvalue weighted by molar-refractivity contribution is -0.119. The first-order valence-corrected chi connectivity index (χ1v) is 58.0. The van der Waals surface area contributed by atoms with Gasteiger partial charge < -0.3 is 80.5 Å². The highest BCUT2D eigenvalue weighted by atomic mass is 32.2. The number of hydrogen-bond donors (Lipinski definition) is 8. The Hall–Kier alpha value is -10.4. The number of carbonyl (C=O) groups is 7. The van der Waals surface area contributed by atoms with Gasteiger partial charge in [0.25, 0.3) is 0 Å². The molecule has 0 bridgehead atoms. The highest BCUT2D eigenvalue weighted by Crippen LogP contribution is 2.37. The number of amides is 1. The number of piperidine rings is 1. The summed E-state index contributed by atoms with van der Waals surface area (Å²) in [5.41, 5.74) is 36.0. The van der Waals surface area contributed by atoms with Crippen LogP contribution in [0.4, 0.5) is 11.4 Å². The number of nitrogens with one attached hydrogen (secondary N) is 4. The molecule has 7 atom stereocenters. The van der Waals surface area contributed by atoms with Crippen molar-refractivity contribution in [2.45, 2.75) is 269 Å². The lowest BCUT2D eigenvalue weighted by Crippen LogP contribution is -2.36. The summed E-state index contributed by atoms with van der Waals surface area (Å²) >= 11 is 6.65. The summed E-state index contributed by atoms with van der Waals surface area (Å²) in [4.78, 5) is 124. The quantitative estimate of drug-likeness (QED) is 0.0166. The number of fused-ring (bicyclic) bond motifs is 2. The minimum Gasteiger partial charge on any atom is -0.446 e. The molecule has 2 unspecified atom stereocenters. The molecule has 7 fully saturated rings. The lowest BCUT2D eigenvalue weighted by atomic mass is 9.85. The number of thioether (sulfide) groups is 2. The van der Waals surface area contributed by atoms with Crippen LogP contribution in [-0.4, -0.2) is 170 Å². The van der Waals surface area contributed by atoms with Gasteiger partial charge in [-0.15, -0.1) is 22.7 Å². The van der Waals surface area contributed by atoms with Gasteiger partial charge in [0.15, 0.2) is 34.7 Å². The van der Waals surface area contributed by atoms with E-state index in [1.54, 1.807) is 34.9 Å². The second-order valence-electron chi connectivity index (χ2n) is 40.4. The van der Waals surface area contributed by atoms with Crippen molar-refractivity contribution in [3.8, 4) is 0 Å². The number of benzene rings is 4. The number of rotatable bonds is 39. The van der Waals surface area contributed by atoms with Gasteiger partial charge in [-0.05, 0) is 151 Å². The van der Waals surface area contributed by atoms with Crippen molar-refractivity contribution in [1.29, 1.82) is 0 Å². The number of anilines is 2. The number of H-pyrrole nitrogens is 2. The van der Waals surface area contributed by atoms with Gasteiger partial charge in [0.1, 0.15) is 70.3 Å². The molecule has 790 valence electrons. The Morgan fingerprint density at radius 3 is 1.31 bits per heavy atom. The van der Waals surface area contributed by atoms with Gasteiger partial charge in [-0.1, -0.05) is 209 Å². The van der Waals surface area contributed by atoms with Crippen LogP contribution in [0.2, 0.25) is 0 Å². The van der Waals surface area contributed by atoms with E-state index in [0.717, 1.165) is 188 Å². The summed E-state index contributed by atoms with van der Waals surface area (Å²) in [5.74, 6) is 6.86. The standard InChI is InChI=1S/C23H27N3O3.C21H25N3O2.C19H25N3O3S.C19H25N3O2S2.C16H26N2O2.C16H24N2OS/c1-15(27)25-20(12-17-13-24-19-10-6-5-9-18(17)19)23-26-21(14-29-23)22(28)11-16-7-3-2-4-8-16;22-17(11-15-12-23-18-9-5-4-8-16(15)18)21-24-19(13-26-21)20(25)10-14-6-2-1-3-7-14;1-26-11-6-16(20)19-21-17(13-25-19)18(23)12-14-2-4-15(5-3-14)22-7-9-24-10-8-22;1-25-11-6-16(20)19-21-17(13-26-19)18(23)12-14-2-4-15(5-3-14)22-7-9-24-10-8-22;1-3-11(2)15(17)16-18-13(10-20-16)14(19)9-12-7-5-4-6-8-12;19-15(9-12-5-2-1-3-6-12)14-11-20-16(18-14)13-7-4-8-17-10-13/h5-6,9-10,13-14,16,20,24H,2-4,7-8,11-12H2,1H3,(H,25,27);4-5,8-9,12-14,17,23H,1-3,6-7,10-11,22H2;2*2-5,13,16H,6-12,20H2,1H3;10-12,15H,3-9,17H2,1-2H3;11-13,17H,1-10H2/t20-;17-;2*16-;11?,15-;/m00000./s1. The molecule has 0 radical (unpaired) electrons. The number of hydrogen-bond acceptors (Lipinski definition) is 30. The van der Waals surface area contributed by atoms with Crippen LogP contribution in [0.15, 0.2) is 163 Å². The van der Waals surface area contributed by atoms with E-state index in [9.17, 15) is 33.6 Å². The van der Waals surface area contributed by atoms with E-state index in [2.05, 4.69) is 111 Å². The summed E-state index contributed by atoms with van der Waals surface area (Å²) in [6.07, 6.45) is 47.6. The maximum Gasteiger partial charge on any atom is 0.217 e. The fourth-order valence-corrected chi connectivity index (χ4v) is 23.1. The van der Waals surface area contributed by atoms with Crippen molar-refractivity contribution in [3.63, 3.8) is 0 Å². The molecule has 0 spiro atoms. The van der Waals surface area contributed by atoms with Crippen molar-refractivity contribution >= 4 is 120 Å². The Morgan fingerprint density at radius 1 is 0.449 bits per heavy atom. The molecule has 4 aromatic carbocycles. The van der Waals surface area contributed by atoms with E-state index >= 15 is 0 Å². The molecule has 12 N–H and O–H groups in total. The number of aromatic amines is 2. The van der Waals surface area contributed by atoms with E-state index in [1.807, 2.05) is 96.1 Å². The number of morpholine rings is 2. The van der Waals surface area contributed by atoms with Crippen LogP contribution >= 0.6 is 46.2 Å². The third-order valence-corrected chi connectivity index (χ3v) is 32.6. The zero-order valence-corrected chi connectivity index (χ0v) is 89.6. The Balaban J connectivity index is 0.000000140. The molecule has 12 aromatic rings. The minimum atomic E-state index is -0.428. The van der Waals surface area contributed by atoms with Crippen molar-refractivity contribution < 1.29 is 60.7 Å². The van der Waals surface area contributed by atoms with E-state index in [4.69, 9.17) is 50.1 Å². The maximum absolute atomic E-state index is 12.6. The zero-order valence-electron chi connectivity index (χ0n) is 86.4. The van der Waals surface area contributed by atoms with Crippen LogP contribution in [-0.2, 0) is 40.0 Å². The van der Waals surface area contributed by atoms with Gasteiger partial charge in [0, 0.05) is 147 Å². The number of carbonyl (C=O) groups excluding carboxylic acids is 7. The van der Waals surface area contributed by atoms with E-state index in [0.29, 0.717) is 139 Å². The first-order valence-electron chi connectivity index (χ1n) is 53.4. The molecule has 8 aromatic heterocycles. The van der Waals surface area contributed by atoms with E-state index < -0.39 is 6.04 Å². The van der Waals surface area contributed by atoms with Crippen LogP contribution in [0, 0.1) is 29.6 Å². The molecule has 11 heterocycles. The van der Waals surface area contributed by atoms with Crippen molar-refractivity contribution in [3.05, 3.63) is 235 Å². The average Bonchev–Trinajstić information content (AvgIpc) is 1.75. The van der Waals surface area contributed by atoms with Gasteiger partial charge in [0.2, 0.25) is 29.5 Å². The van der Waals surface area contributed by atoms with E-state index in [-0.39, 0.29) is 64.8 Å². The molecule has 3 aliphatic heterocycles. The monoisotopic (exact) mass is 2080 g/mol. The van der Waals surface area contributed by atoms with Crippen LogP contribution in [0.5, 0.6) is 0 Å². The first kappa shape index (κ1) is 112. The number of para-hydroxylation sites is 2. The van der Waals surface area contributed by atoms with Gasteiger partial charge in [0.05, 0.1) is 55.6 Å². The summed E-state index contributed by atoms with van der Waals surface area (Å²) in [5, 5.41) is 14.4. The van der Waals surface area contributed by atoms with E-state index in [1.165, 1.54) is 165 Å². The number of thiazole rings is 2. The van der Waals surface area contributed by atoms with Gasteiger partial charge in [-0.25, -0.2) is 29.9 Å². The lowest BCUT2D eigenvalue weighted by Gasteiger charge is -2.28.